The zero-order valence-corrected chi connectivity index (χ0v) is 12.1. The van der Waals surface area contributed by atoms with Crippen molar-refractivity contribution in [2.45, 2.75) is 19.9 Å². The van der Waals surface area contributed by atoms with Crippen LogP contribution in [-0.2, 0) is 0 Å². The Kier molecular flexibility index (Phi) is 4.73. The number of hydrogen-bond acceptors (Lipinski definition) is 1. The van der Waals surface area contributed by atoms with Gasteiger partial charge in [0.15, 0.2) is 0 Å². The van der Waals surface area contributed by atoms with Gasteiger partial charge in [-0.2, -0.15) is 0 Å². The molecule has 1 nitrogen and oxygen atoms in total. The molecule has 1 N–H and O–H groups in total. The quantitative estimate of drug-likeness (QED) is 0.867. The molecule has 2 aromatic rings. The Bertz CT molecular complexity index is 593. The van der Waals surface area contributed by atoms with Gasteiger partial charge < -0.3 is 5.32 Å². The van der Waals surface area contributed by atoms with Gasteiger partial charge in [-0.05, 0) is 54.9 Å². The molecule has 0 radical (unpaired) electrons. The molecule has 0 amide bonds. The van der Waals surface area contributed by atoms with E-state index < -0.39 is 6.04 Å². The smallest absolute Gasteiger partial charge is 0.128 e. The van der Waals surface area contributed by atoms with Crippen molar-refractivity contribution < 1.29 is 8.78 Å². The van der Waals surface area contributed by atoms with Crippen molar-refractivity contribution in [1.29, 1.82) is 0 Å². The molecule has 4 heteroatoms. The minimum atomic E-state index is -0.423. The van der Waals surface area contributed by atoms with Crippen LogP contribution in [0, 0.1) is 18.6 Å². The first kappa shape index (κ1) is 14.9. The molecule has 1 atom stereocenters. The van der Waals surface area contributed by atoms with Crippen LogP contribution in [0.4, 0.5) is 8.78 Å². The average Bonchev–Trinajstić information content (AvgIpc) is 2.38. The highest BCUT2D eigenvalue weighted by atomic mass is 35.5. The highest BCUT2D eigenvalue weighted by molar-refractivity contribution is 6.30. The van der Waals surface area contributed by atoms with E-state index in [0.717, 1.165) is 5.56 Å². The molecule has 2 rings (SSSR count). The molecule has 0 saturated carbocycles. The van der Waals surface area contributed by atoms with Crippen molar-refractivity contribution >= 4 is 11.6 Å². The number of halogens is 3. The third-order valence-electron chi connectivity index (χ3n) is 3.08. The fourth-order valence-corrected chi connectivity index (χ4v) is 2.46. The minimum Gasteiger partial charge on any atom is -0.306 e. The lowest BCUT2D eigenvalue weighted by Crippen LogP contribution is -2.23. The van der Waals surface area contributed by atoms with E-state index in [0.29, 0.717) is 22.7 Å². The molecule has 0 spiro atoms. The SMILES string of the molecule is CCNC(c1cc(C)cc(F)c1)c1cc(Cl)ccc1F. The Hall–Kier alpha value is -1.45. The summed E-state index contributed by atoms with van der Waals surface area (Å²) in [6.07, 6.45) is 0. The van der Waals surface area contributed by atoms with Gasteiger partial charge in [-0.1, -0.05) is 24.6 Å². The Morgan fingerprint density at radius 2 is 1.90 bits per heavy atom. The number of benzene rings is 2. The number of hydrogen-bond donors (Lipinski definition) is 1. The van der Waals surface area contributed by atoms with E-state index in [-0.39, 0.29) is 11.6 Å². The van der Waals surface area contributed by atoms with Crippen molar-refractivity contribution in [2.24, 2.45) is 0 Å². The molecule has 1 unspecified atom stereocenters. The maximum Gasteiger partial charge on any atom is 0.128 e. The van der Waals surface area contributed by atoms with Crippen LogP contribution in [0.3, 0.4) is 0 Å². The summed E-state index contributed by atoms with van der Waals surface area (Å²) in [6, 6.07) is 8.69. The van der Waals surface area contributed by atoms with Crippen LogP contribution >= 0.6 is 11.6 Å². The summed E-state index contributed by atoms with van der Waals surface area (Å²) < 4.78 is 27.6. The summed E-state index contributed by atoms with van der Waals surface area (Å²) in [5, 5.41) is 3.63. The molecular formula is C16H16ClF2N. The lowest BCUT2D eigenvalue weighted by Gasteiger charge is -2.20. The Labute approximate surface area is 122 Å². The Morgan fingerprint density at radius 3 is 2.55 bits per heavy atom. The Morgan fingerprint density at radius 1 is 1.15 bits per heavy atom. The summed E-state index contributed by atoms with van der Waals surface area (Å²) in [4.78, 5) is 0. The standard InChI is InChI=1S/C16H16ClF2N/c1-3-20-16(11-6-10(2)7-13(18)8-11)14-9-12(17)4-5-15(14)19/h4-9,16,20H,3H2,1-2H3. The van der Waals surface area contributed by atoms with Crippen LogP contribution in [-0.4, -0.2) is 6.54 Å². The minimum absolute atomic E-state index is 0.328. The summed E-state index contributed by atoms with van der Waals surface area (Å²) in [5.41, 5.74) is 1.90. The molecule has 0 heterocycles. The highest BCUT2D eigenvalue weighted by Crippen LogP contribution is 2.28. The maximum absolute atomic E-state index is 14.0. The fourth-order valence-electron chi connectivity index (χ4n) is 2.28. The van der Waals surface area contributed by atoms with Gasteiger partial charge in [-0.3, -0.25) is 0 Å². The van der Waals surface area contributed by atoms with Gasteiger partial charge in [0.05, 0.1) is 6.04 Å². The topological polar surface area (TPSA) is 12.0 Å². The Balaban J connectivity index is 2.52. The van der Waals surface area contributed by atoms with E-state index >= 15 is 0 Å². The molecule has 0 aliphatic rings. The van der Waals surface area contributed by atoms with E-state index in [1.807, 2.05) is 19.9 Å². The number of rotatable bonds is 4. The number of nitrogens with one attached hydrogen (secondary N) is 1. The first-order valence-electron chi connectivity index (χ1n) is 6.46. The van der Waals surface area contributed by atoms with Crippen LogP contribution in [0.25, 0.3) is 0 Å². The predicted octanol–water partition coefficient (Wildman–Crippen LogP) is 4.63. The third kappa shape index (κ3) is 3.35. The van der Waals surface area contributed by atoms with Gasteiger partial charge >= 0.3 is 0 Å². The van der Waals surface area contributed by atoms with Crippen molar-refractivity contribution in [2.75, 3.05) is 6.54 Å². The molecule has 0 aliphatic heterocycles. The third-order valence-corrected chi connectivity index (χ3v) is 3.31. The van der Waals surface area contributed by atoms with Crippen molar-refractivity contribution in [3.63, 3.8) is 0 Å². The van der Waals surface area contributed by atoms with Crippen LogP contribution in [0.1, 0.15) is 29.7 Å². The second-order valence-corrected chi connectivity index (χ2v) is 5.15. The van der Waals surface area contributed by atoms with E-state index in [2.05, 4.69) is 5.32 Å². The zero-order chi connectivity index (χ0) is 14.7. The maximum atomic E-state index is 14.0. The summed E-state index contributed by atoms with van der Waals surface area (Å²) in [5.74, 6) is -0.687. The van der Waals surface area contributed by atoms with Crippen LogP contribution in [0.5, 0.6) is 0 Å². The number of aryl methyl sites for hydroxylation is 1. The molecule has 0 saturated heterocycles. The fraction of sp³-hybridized carbons (Fsp3) is 0.250. The molecular weight excluding hydrogens is 280 g/mol. The van der Waals surface area contributed by atoms with Crippen LogP contribution < -0.4 is 5.32 Å². The monoisotopic (exact) mass is 295 g/mol. The molecule has 2 aromatic carbocycles. The van der Waals surface area contributed by atoms with Crippen LogP contribution in [0.2, 0.25) is 5.02 Å². The van der Waals surface area contributed by atoms with Gasteiger partial charge in [-0.25, -0.2) is 8.78 Å². The van der Waals surface area contributed by atoms with Crippen molar-refractivity contribution in [3.05, 3.63) is 69.7 Å². The molecule has 0 aromatic heterocycles. The first-order chi connectivity index (χ1) is 9.51. The summed E-state index contributed by atoms with van der Waals surface area (Å²) >= 11 is 5.94. The molecule has 0 bridgehead atoms. The van der Waals surface area contributed by atoms with E-state index in [1.165, 1.54) is 24.3 Å². The predicted molar refractivity (Wildman–Crippen MR) is 78.1 cm³/mol. The largest absolute Gasteiger partial charge is 0.306 e. The normalized spacial score (nSPS) is 12.4. The van der Waals surface area contributed by atoms with Gasteiger partial charge in [-0.15, -0.1) is 0 Å². The average molecular weight is 296 g/mol. The van der Waals surface area contributed by atoms with Gasteiger partial charge in [0.2, 0.25) is 0 Å². The second kappa shape index (κ2) is 6.33. The van der Waals surface area contributed by atoms with E-state index in [9.17, 15) is 8.78 Å². The molecule has 20 heavy (non-hydrogen) atoms. The second-order valence-electron chi connectivity index (χ2n) is 4.72. The summed E-state index contributed by atoms with van der Waals surface area (Å²) in [7, 11) is 0. The van der Waals surface area contributed by atoms with Crippen molar-refractivity contribution in [1.82, 2.24) is 5.32 Å². The lowest BCUT2D eigenvalue weighted by atomic mass is 9.96. The lowest BCUT2D eigenvalue weighted by molar-refractivity contribution is 0.554. The van der Waals surface area contributed by atoms with Gasteiger partial charge in [0, 0.05) is 10.6 Å². The van der Waals surface area contributed by atoms with E-state index in [1.54, 1.807) is 6.07 Å². The molecule has 106 valence electrons. The summed E-state index contributed by atoms with van der Waals surface area (Å²) in [6.45, 7) is 4.36. The highest BCUT2D eigenvalue weighted by Gasteiger charge is 2.18. The van der Waals surface area contributed by atoms with Gasteiger partial charge in [0.1, 0.15) is 11.6 Å². The first-order valence-corrected chi connectivity index (χ1v) is 6.84. The van der Waals surface area contributed by atoms with Crippen molar-refractivity contribution in [3.8, 4) is 0 Å². The van der Waals surface area contributed by atoms with Crippen LogP contribution in [0.15, 0.2) is 36.4 Å². The zero-order valence-electron chi connectivity index (χ0n) is 11.4. The molecule has 0 fully saturated rings. The van der Waals surface area contributed by atoms with Gasteiger partial charge in [0.25, 0.3) is 0 Å². The molecule has 0 aliphatic carbocycles. The van der Waals surface area contributed by atoms with E-state index in [4.69, 9.17) is 11.6 Å².